The number of hydrogen-bond acceptors (Lipinski definition) is 2. The van der Waals surface area contributed by atoms with E-state index in [2.05, 4.69) is 0 Å². The fourth-order valence-corrected chi connectivity index (χ4v) is 0. The van der Waals surface area contributed by atoms with Crippen molar-refractivity contribution in [3.8, 4) is 0 Å². The van der Waals surface area contributed by atoms with Crippen molar-refractivity contribution < 1.29 is 9.59 Å². The molecule has 0 atom stereocenters. The van der Waals surface area contributed by atoms with Crippen molar-refractivity contribution in [1.29, 1.82) is 0 Å². The summed E-state index contributed by atoms with van der Waals surface area (Å²) in [4.78, 5) is 16.0. The molecule has 2 nitrogen and oxygen atoms in total. The van der Waals surface area contributed by atoms with Crippen LogP contribution in [0.5, 0.6) is 0 Å². The predicted octanol–water partition coefficient (Wildman–Crippen LogP) is -0.751. The minimum Gasteiger partial charge on any atom is -0.307 e. The fraction of sp³-hybridized carbons (Fsp3) is 0. The molecule has 0 aliphatic carbocycles. The second kappa shape index (κ2) is 419. The Kier molecular flexibility index (Phi) is 1540. The van der Waals surface area contributed by atoms with Crippen LogP contribution in [-0.4, -0.2) is 43.1 Å². The van der Waals surface area contributed by atoms with Crippen molar-refractivity contribution in [1.82, 2.24) is 0 Å². The van der Waals surface area contributed by atoms with Crippen LogP contribution in [0.2, 0.25) is 0 Å². The molecule has 0 saturated carbocycles. The Bertz CT molecular complexity index is 9.61. The van der Waals surface area contributed by atoms with Crippen molar-refractivity contribution in [2.45, 2.75) is 0 Å². The third-order valence-corrected chi connectivity index (χ3v) is 0. The normalized spacial score (nSPS) is 1.60. The Morgan fingerprint density at radius 1 is 0.800 bits per heavy atom. The van der Waals surface area contributed by atoms with Crippen LogP contribution in [0.4, 0.5) is 0 Å². The molecule has 25 valence electrons. The molecule has 0 spiro atoms. The molecule has 0 fully saturated rings. The SMILES string of the molecule is C=O.C=O.[Na]. The molecule has 3 heteroatoms. The Balaban J connectivity index is -0.0000000133. The van der Waals surface area contributed by atoms with E-state index in [0.717, 1.165) is 0 Å². The first kappa shape index (κ1) is 18.4. The van der Waals surface area contributed by atoms with E-state index < -0.39 is 0 Å². The van der Waals surface area contributed by atoms with Crippen molar-refractivity contribution in [2.24, 2.45) is 0 Å². The van der Waals surface area contributed by atoms with Gasteiger partial charge in [0, 0.05) is 29.6 Å². The Hall–Kier alpha value is 0.340. The second-order valence-electron chi connectivity index (χ2n) is 0. The third kappa shape index (κ3) is 206. The summed E-state index contributed by atoms with van der Waals surface area (Å²) >= 11 is 0. The fourth-order valence-electron chi connectivity index (χ4n) is 0. The Labute approximate surface area is 52.8 Å². The first-order valence-corrected chi connectivity index (χ1v) is 0.577. The van der Waals surface area contributed by atoms with Gasteiger partial charge in [-0.2, -0.15) is 0 Å². The largest absolute Gasteiger partial charge is 0.307 e. The molecule has 0 heterocycles. The van der Waals surface area contributed by atoms with Crippen LogP contribution in [0.15, 0.2) is 0 Å². The van der Waals surface area contributed by atoms with E-state index in [1.165, 1.54) is 0 Å². The molecule has 0 N–H and O–H groups in total. The molecule has 0 aliphatic rings. The summed E-state index contributed by atoms with van der Waals surface area (Å²) in [5, 5.41) is 0. The molecule has 0 saturated heterocycles. The molecule has 1 radical (unpaired) electrons. The topological polar surface area (TPSA) is 34.1 Å². The molecule has 0 bridgehead atoms. The van der Waals surface area contributed by atoms with Gasteiger partial charge >= 0.3 is 0 Å². The minimum absolute atomic E-state index is 0. The predicted molar refractivity (Wildman–Crippen MR) is 20.0 cm³/mol. The molecule has 5 heavy (non-hydrogen) atoms. The number of carbonyl (C=O) groups is 2. The summed E-state index contributed by atoms with van der Waals surface area (Å²) in [6.45, 7) is 4.00. The van der Waals surface area contributed by atoms with Gasteiger partial charge in [-0.15, -0.1) is 0 Å². The Morgan fingerprint density at radius 2 is 0.800 bits per heavy atom. The van der Waals surface area contributed by atoms with E-state index in [1.54, 1.807) is 0 Å². The van der Waals surface area contributed by atoms with Gasteiger partial charge in [-0.1, -0.05) is 0 Å². The van der Waals surface area contributed by atoms with Crippen molar-refractivity contribution in [3.05, 3.63) is 0 Å². The van der Waals surface area contributed by atoms with Crippen LogP contribution in [-0.2, 0) is 9.59 Å². The van der Waals surface area contributed by atoms with Gasteiger partial charge in [0.25, 0.3) is 0 Å². The summed E-state index contributed by atoms with van der Waals surface area (Å²) in [5.41, 5.74) is 0. The van der Waals surface area contributed by atoms with Crippen LogP contribution < -0.4 is 0 Å². The molecule has 0 unspecified atom stereocenters. The van der Waals surface area contributed by atoms with Crippen molar-refractivity contribution >= 4 is 43.1 Å². The standard InChI is InChI=1S/2CH2O.Na/c2*1-2;/h2*1H2;. The molecule has 0 amide bonds. The minimum atomic E-state index is 0. The van der Waals surface area contributed by atoms with Crippen molar-refractivity contribution in [2.75, 3.05) is 0 Å². The molecule has 0 aromatic heterocycles. The van der Waals surface area contributed by atoms with Crippen LogP contribution in [0.1, 0.15) is 0 Å². The summed E-state index contributed by atoms with van der Waals surface area (Å²) in [6, 6.07) is 0. The maximum atomic E-state index is 8.00. The quantitative estimate of drug-likeness (QED) is 0.361. The smallest absolute Gasteiger partial charge is 0.106 e. The van der Waals surface area contributed by atoms with Crippen molar-refractivity contribution in [3.63, 3.8) is 0 Å². The summed E-state index contributed by atoms with van der Waals surface area (Å²) in [7, 11) is 0. The first-order valence-electron chi connectivity index (χ1n) is 0.577. The summed E-state index contributed by atoms with van der Waals surface area (Å²) in [5.74, 6) is 0. The van der Waals surface area contributed by atoms with E-state index >= 15 is 0 Å². The second-order valence-corrected chi connectivity index (χ2v) is 0. The molecule has 0 aliphatic heterocycles. The van der Waals surface area contributed by atoms with Gasteiger partial charge in [0.05, 0.1) is 0 Å². The average Bonchev–Trinajstić information content (AvgIpc) is 1.50. The van der Waals surface area contributed by atoms with E-state index in [4.69, 9.17) is 9.59 Å². The molecular formula is C2H4NaO2. The summed E-state index contributed by atoms with van der Waals surface area (Å²) < 4.78 is 0. The monoisotopic (exact) mass is 83.0 g/mol. The van der Waals surface area contributed by atoms with E-state index in [-0.39, 0.29) is 29.6 Å². The molecule has 0 aromatic rings. The van der Waals surface area contributed by atoms with Crippen LogP contribution in [0, 0.1) is 0 Å². The van der Waals surface area contributed by atoms with Crippen LogP contribution in [0.25, 0.3) is 0 Å². The van der Waals surface area contributed by atoms with Gasteiger partial charge in [-0.25, -0.2) is 0 Å². The van der Waals surface area contributed by atoms with Gasteiger partial charge in [-0.3, -0.25) is 0 Å². The summed E-state index contributed by atoms with van der Waals surface area (Å²) in [6.07, 6.45) is 0. The van der Waals surface area contributed by atoms with Crippen LogP contribution in [0.3, 0.4) is 0 Å². The maximum Gasteiger partial charge on any atom is 0.106 e. The maximum absolute atomic E-state index is 8.00. The zero-order valence-electron chi connectivity index (χ0n) is 3.23. The number of carbonyl (C=O) groups excluding carboxylic acids is 2. The zero-order chi connectivity index (χ0) is 4.00. The van der Waals surface area contributed by atoms with Gasteiger partial charge in [0.1, 0.15) is 13.6 Å². The number of rotatable bonds is 0. The zero-order valence-corrected chi connectivity index (χ0v) is 5.23. The Morgan fingerprint density at radius 3 is 0.800 bits per heavy atom. The van der Waals surface area contributed by atoms with Gasteiger partial charge in [-0.05, 0) is 0 Å². The number of hydrogen-bond donors (Lipinski definition) is 0. The molecule has 0 rings (SSSR count). The van der Waals surface area contributed by atoms with Crippen LogP contribution >= 0.6 is 0 Å². The molecular weight excluding hydrogens is 79.0 g/mol. The third-order valence-electron chi connectivity index (χ3n) is 0. The van der Waals surface area contributed by atoms with E-state index in [9.17, 15) is 0 Å². The van der Waals surface area contributed by atoms with Gasteiger partial charge in [0.15, 0.2) is 0 Å². The first-order chi connectivity index (χ1) is 2.00. The van der Waals surface area contributed by atoms with Gasteiger partial charge in [0.2, 0.25) is 0 Å². The molecule has 0 aromatic carbocycles. The average molecular weight is 83.0 g/mol. The van der Waals surface area contributed by atoms with E-state index in [1.807, 2.05) is 13.6 Å². The van der Waals surface area contributed by atoms with E-state index in [0.29, 0.717) is 0 Å². The van der Waals surface area contributed by atoms with Gasteiger partial charge < -0.3 is 9.59 Å².